The van der Waals surface area contributed by atoms with E-state index in [1.807, 2.05) is 6.92 Å². The zero-order chi connectivity index (χ0) is 18.5. The van der Waals surface area contributed by atoms with E-state index in [2.05, 4.69) is 17.1 Å². The lowest BCUT2D eigenvalue weighted by atomic mass is 10.0. The van der Waals surface area contributed by atoms with Crippen LogP contribution in [0.1, 0.15) is 66.8 Å². The third kappa shape index (κ3) is 4.65. The average Bonchev–Trinajstić information content (AvgIpc) is 2.76. The second-order valence-corrected chi connectivity index (χ2v) is 8.62. The summed E-state index contributed by atoms with van der Waals surface area (Å²) in [5, 5.41) is 3.71. The van der Waals surface area contributed by atoms with E-state index in [0.29, 0.717) is 29.6 Å². The molecule has 144 valence electrons. The number of hydrogen-bond acceptors (Lipinski definition) is 5. The minimum atomic E-state index is -0.297. The van der Waals surface area contributed by atoms with Crippen molar-refractivity contribution in [2.45, 2.75) is 58.8 Å². The molecule has 0 saturated carbocycles. The third-order valence-corrected chi connectivity index (χ3v) is 6.47. The summed E-state index contributed by atoms with van der Waals surface area (Å²) in [4.78, 5) is 28.6. The van der Waals surface area contributed by atoms with Crippen molar-refractivity contribution in [2.75, 3.05) is 31.6 Å². The van der Waals surface area contributed by atoms with Gasteiger partial charge < -0.3 is 10.1 Å². The van der Waals surface area contributed by atoms with Crippen molar-refractivity contribution < 1.29 is 14.3 Å². The number of nitrogens with one attached hydrogen (secondary N) is 1. The van der Waals surface area contributed by atoms with Gasteiger partial charge in [-0.25, -0.2) is 4.79 Å². The molecular weight excluding hydrogens is 348 g/mol. The summed E-state index contributed by atoms with van der Waals surface area (Å²) in [5.41, 5.74) is 1.71. The highest BCUT2D eigenvalue weighted by molar-refractivity contribution is 7.17. The van der Waals surface area contributed by atoms with Crippen molar-refractivity contribution in [1.29, 1.82) is 0 Å². The first-order valence-electron chi connectivity index (χ1n) is 9.92. The quantitative estimate of drug-likeness (QED) is 0.624. The molecule has 26 heavy (non-hydrogen) atoms. The summed E-state index contributed by atoms with van der Waals surface area (Å²) in [6.45, 7) is 6.75. The number of amides is 1. The van der Waals surface area contributed by atoms with Crippen molar-refractivity contribution in [3.8, 4) is 0 Å². The van der Waals surface area contributed by atoms with E-state index in [-0.39, 0.29) is 11.9 Å². The van der Waals surface area contributed by atoms with Gasteiger partial charge in [-0.3, -0.25) is 9.69 Å². The number of esters is 1. The number of rotatable bonds is 5. The normalized spacial score (nSPS) is 20.9. The molecule has 1 atom stereocenters. The zero-order valence-corrected chi connectivity index (χ0v) is 16.8. The van der Waals surface area contributed by atoms with Crippen LogP contribution in [-0.2, 0) is 22.4 Å². The molecule has 5 nitrogen and oxygen atoms in total. The topological polar surface area (TPSA) is 58.6 Å². The third-order valence-electron chi connectivity index (χ3n) is 5.26. The number of piperidine rings is 1. The van der Waals surface area contributed by atoms with Gasteiger partial charge in [0.1, 0.15) is 5.00 Å². The average molecular weight is 379 g/mol. The number of carbonyl (C=O) groups is 2. The lowest BCUT2D eigenvalue weighted by Crippen LogP contribution is -2.39. The van der Waals surface area contributed by atoms with Gasteiger partial charge >= 0.3 is 5.97 Å². The SMILES string of the molecule is CCOC(=O)c1c(NC(=O)CN2CCCC(C)C2)sc2c1CCCCC2. The molecule has 1 amide bonds. The predicted molar refractivity (Wildman–Crippen MR) is 105 cm³/mol. The Labute approximate surface area is 160 Å². The molecule has 6 heteroatoms. The van der Waals surface area contributed by atoms with Crippen molar-refractivity contribution in [3.63, 3.8) is 0 Å². The fourth-order valence-electron chi connectivity index (χ4n) is 4.05. The van der Waals surface area contributed by atoms with Gasteiger partial charge in [0, 0.05) is 11.4 Å². The number of likely N-dealkylation sites (tertiary alicyclic amines) is 1. The molecule has 1 fully saturated rings. The molecule has 0 bridgehead atoms. The van der Waals surface area contributed by atoms with Crippen LogP contribution in [0.5, 0.6) is 0 Å². The molecule has 1 N–H and O–H groups in total. The van der Waals surface area contributed by atoms with Crippen LogP contribution in [0.15, 0.2) is 0 Å². The molecule has 1 aliphatic carbocycles. The summed E-state index contributed by atoms with van der Waals surface area (Å²) in [6, 6.07) is 0. The Morgan fingerprint density at radius 3 is 2.81 bits per heavy atom. The van der Waals surface area contributed by atoms with E-state index in [1.54, 1.807) is 11.3 Å². The molecule has 2 aliphatic rings. The Morgan fingerprint density at radius 2 is 2.04 bits per heavy atom. The minimum Gasteiger partial charge on any atom is -0.462 e. The smallest absolute Gasteiger partial charge is 0.341 e. The monoisotopic (exact) mass is 378 g/mol. The van der Waals surface area contributed by atoms with Gasteiger partial charge in [-0.15, -0.1) is 11.3 Å². The summed E-state index contributed by atoms with van der Waals surface area (Å²) >= 11 is 1.57. The number of aryl methyl sites for hydroxylation is 1. The number of hydrogen-bond donors (Lipinski definition) is 1. The molecule has 1 aromatic heterocycles. The van der Waals surface area contributed by atoms with E-state index < -0.39 is 0 Å². The van der Waals surface area contributed by atoms with Gasteiger partial charge in [0.25, 0.3) is 0 Å². The first kappa shape index (κ1) is 19.4. The first-order valence-corrected chi connectivity index (χ1v) is 10.7. The van der Waals surface area contributed by atoms with Crippen LogP contribution in [0, 0.1) is 5.92 Å². The maximum Gasteiger partial charge on any atom is 0.341 e. The number of nitrogens with zero attached hydrogens (tertiary/aromatic N) is 1. The van der Waals surface area contributed by atoms with Crippen LogP contribution in [0.3, 0.4) is 0 Å². The standard InChI is InChI=1S/C20H30N2O3S/c1-3-25-20(24)18-15-9-5-4-6-10-16(15)26-19(18)21-17(23)13-22-11-7-8-14(2)12-22/h14H,3-13H2,1-2H3,(H,21,23). The Bertz CT molecular complexity index is 656. The number of thiophene rings is 1. The van der Waals surface area contributed by atoms with Gasteiger partial charge in [0.05, 0.1) is 18.7 Å². The molecule has 2 heterocycles. The second-order valence-electron chi connectivity index (χ2n) is 7.52. The van der Waals surface area contributed by atoms with E-state index in [9.17, 15) is 9.59 Å². The molecule has 1 saturated heterocycles. The molecule has 0 spiro atoms. The predicted octanol–water partition coefficient (Wildman–Crippen LogP) is 3.86. The largest absolute Gasteiger partial charge is 0.462 e. The maximum atomic E-state index is 12.6. The zero-order valence-electron chi connectivity index (χ0n) is 15.9. The fourth-order valence-corrected chi connectivity index (χ4v) is 5.34. The fraction of sp³-hybridized carbons (Fsp3) is 0.700. The van der Waals surface area contributed by atoms with Crippen molar-refractivity contribution in [2.24, 2.45) is 5.92 Å². The van der Waals surface area contributed by atoms with Gasteiger partial charge in [-0.1, -0.05) is 13.3 Å². The van der Waals surface area contributed by atoms with Gasteiger partial charge in [-0.2, -0.15) is 0 Å². The number of carbonyl (C=O) groups excluding carboxylic acids is 2. The summed E-state index contributed by atoms with van der Waals surface area (Å²) in [5.74, 6) is 0.319. The van der Waals surface area contributed by atoms with E-state index >= 15 is 0 Å². The molecule has 1 aliphatic heterocycles. The van der Waals surface area contributed by atoms with Gasteiger partial charge in [0.15, 0.2) is 0 Å². The molecule has 1 aromatic rings. The Morgan fingerprint density at radius 1 is 1.23 bits per heavy atom. The van der Waals surface area contributed by atoms with Crippen LogP contribution < -0.4 is 5.32 Å². The van der Waals surface area contributed by atoms with E-state index in [0.717, 1.165) is 50.8 Å². The minimum absolute atomic E-state index is 0.0268. The number of fused-ring (bicyclic) bond motifs is 1. The number of anilines is 1. The number of ether oxygens (including phenoxy) is 1. The van der Waals surface area contributed by atoms with E-state index in [1.165, 1.54) is 17.7 Å². The van der Waals surface area contributed by atoms with Crippen LogP contribution in [0.25, 0.3) is 0 Å². The lowest BCUT2D eigenvalue weighted by molar-refractivity contribution is -0.117. The lowest BCUT2D eigenvalue weighted by Gasteiger charge is -2.30. The summed E-state index contributed by atoms with van der Waals surface area (Å²) < 4.78 is 5.29. The Kier molecular flexibility index (Phi) is 6.70. The second kappa shape index (κ2) is 9.00. The highest BCUT2D eigenvalue weighted by Gasteiger charge is 2.27. The van der Waals surface area contributed by atoms with Crippen LogP contribution in [0.4, 0.5) is 5.00 Å². The van der Waals surface area contributed by atoms with E-state index in [4.69, 9.17) is 4.74 Å². The highest BCUT2D eigenvalue weighted by Crippen LogP contribution is 2.38. The van der Waals surface area contributed by atoms with Gasteiger partial charge in [0.2, 0.25) is 5.91 Å². The molecular formula is C20H30N2O3S. The Balaban J connectivity index is 1.75. The summed E-state index contributed by atoms with van der Waals surface area (Å²) in [7, 11) is 0. The molecule has 0 aromatic carbocycles. The van der Waals surface area contributed by atoms with Gasteiger partial charge in [-0.05, 0) is 63.5 Å². The van der Waals surface area contributed by atoms with Crippen LogP contribution >= 0.6 is 11.3 Å². The van der Waals surface area contributed by atoms with Crippen molar-refractivity contribution >= 4 is 28.2 Å². The molecule has 0 radical (unpaired) electrons. The van der Waals surface area contributed by atoms with Crippen LogP contribution in [-0.4, -0.2) is 43.0 Å². The summed E-state index contributed by atoms with van der Waals surface area (Å²) in [6.07, 6.45) is 7.71. The molecule has 3 rings (SSSR count). The Hall–Kier alpha value is -1.40. The highest BCUT2D eigenvalue weighted by atomic mass is 32.1. The van der Waals surface area contributed by atoms with Crippen molar-refractivity contribution in [1.82, 2.24) is 4.90 Å². The molecule has 1 unspecified atom stereocenters. The maximum absolute atomic E-state index is 12.6. The first-order chi connectivity index (χ1) is 12.6. The van der Waals surface area contributed by atoms with Crippen molar-refractivity contribution in [3.05, 3.63) is 16.0 Å². The van der Waals surface area contributed by atoms with Crippen LogP contribution in [0.2, 0.25) is 0 Å².